The minimum absolute atomic E-state index is 0.00793. The lowest BCUT2D eigenvalue weighted by molar-refractivity contribution is 0.279. The molecule has 31 nitrogen and oxygen atoms in total. The molecule has 0 radical (unpaired) electrons. The molecule has 0 aliphatic heterocycles. The van der Waals surface area contributed by atoms with Crippen LogP contribution in [0.15, 0.2) is 102 Å². The first-order valence-corrected chi connectivity index (χ1v) is 32.5. The lowest BCUT2D eigenvalue weighted by atomic mass is 10.1. The number of rotatable bonds is 26. The van der Waals surface area contributed by atoms with Gasteiger partial charge in [0.1, 0.15) is 9.79 Å². The van der Waals surface area contributed by atoms with Crippen molar-refractivity contribution in [2.75, 3.05) is 102 Å². The fourth-order valence-corrected chi connectivity index (χ4v) is 11.4. The van der Waals surface area contributed by atoms with Crippen LogP contribution in [0.2, 0.25) is 0 Å². The highest BCUT2D eigenvalue weighted by molar-refractivity contribution is 7.91. The summed E-state index contributed by atoms with van der Waals surface area (Å²) in [7, 11) is -27.2. The van der Waals surface area contributed by atoms with Crippen molar-refractivity contribution in [3.63, 3.8) is 0 Å². The molecule has 2 heterocycles. The number of nitrogens with one attached hydrogen (secondary N) is 4. The van der Waals surface area contributed by atoms with E-state index in [1.807, 2.05) is 0 Å². The summed E-state index contributed by atoms with van der Waals surface area (Å²) in [5.74, 6) is -2.20. The zero-order valence-electron chi connectivity index (χ0n) is 41.8. The second-order valence-corrected chi connectivity index (χ2v) is 27.0. The van der Waals surface area contributed by atoms with Gasteiger partial charge in [-0.1, -0.05) is 24.3 Å². The molecule has 0 saturated carbocycles. The molecular formula is C43H50N12O19S6. The van der Waals surface area contributed by atoms with Crippen LogP contribution in [0.5, 0.6) is 0 Å². The van der Waals surface area contributed by atoms with Crippen molar-refractivity contribution in [2.24, 2.45) is 0 Å². The molecule has 0 aliphatic carbocycles. The van der Waals surface area contributed by atoms with E-state index in [0.717, 1.165) is 73.4 Å². The van der Waals surface area contributed by atoms with E-state index >= 15 is 0 Å². The molecule has 432 valence electrons. The summed E-state index contributed by atoms with van der Waals surface area (Å²) in [4.78, 5) is 24.6. The molecule has 0 aliphatic rings. The van der Waals surface area contributed by atoms with Crippen molar-refractivity contribution < 1.29 is 84.6 Å². The van der Waals surface area contributed by atoms with Gasteiger partial charge in [0.2, 0.25) is 35.7 Å². The molecule has 80 heavy (non-hydrogen) atoms. The van der Waals surface area contributed by atoms with Gasteiger partial charge in [-0.05, 0) is 71.8 Å². The first-order valence-electron chi connectivity index (χ1n) is 22.5. The summed E-state index contributed by atoms with van der Waals surface area (Å²) in [6, 6.07) is 12.4. The van der Waals surface area contributed by atoms with Crippen LogP contribution in [0.3, 0.4) is 0 Å². The van der Waals surface area contributed by atoms with E-state index in [4.69, 9.17) is 0 Å². The number of sulfone groups is 3. The highest BCUT2D eigenvalue weighted by atomic mass is 32.2. The van der Waals surface area contributed by atoms with Gasteiger partial charge in [0.25, 0.3) is 30.4 Å². The summed E-state index contributed by atoms with van der Waals surface area (Å²) in [5.41, 5.74) is -1.28. The number of hydrogen-bond acceptors (Lipinski definition) is 28. The van der Waals surface area contributed by atoms with Crippen molar-refractivity contribution in [3.05, 3.63) is 83.9 Å². The number of anilines is 10. The number of aliphatic hydroxyl groups excluding tert-OH is 4. The molecule has 6 aromatic rings. The molecule has 6 rings (SSSR count). The van der Waals surface area contributed by atoms with Gasteiger partial charge in [-0.15, -0.1) is 0 Å². The average Bonchev–Trinajstić information content (AvgIpc) is 3.34. The summed E-state index contributed by atoms with van der Waals surface area (Å²) >= 11 is 0. The van der Waals surface area contributed by atoms with Crippen LogP contribution < -0.4 is 31.1 Å². The Labute approximate surface area is 458 Å². The van der Waals surface area contributed by atoms with E-state index in [1.54, 1.807) is 0 Å². The van der Waals surface area contributed by atoms with Gasteiger partial charge in [-0.25, -0.2) is 25.3 Å². The second-order valence-electron chi connectivity index (χ2n) is 16.8. The smallest absolute Gasteiger partial charge is 0.296 e. The first kappa shape index (κ1) is 62.1. The molecule has 0 atom stereocenters. The van der Waals surface area contributed by atoms with Crippen LogP contribution in [-0.2, 0) is 59.9 Å². The Kier molecular flexibility index (Phi) is 19.2. The maximum absolute atomic E-state index is 13.3. The SMILES string of the molecule is CS(=O)(=O)c1ccc(S(=O)(=O)O)c(Nc2nc(Nc3ccc(/C=C/c4ccc(Nc5nc(Nc6cc(S(=O)(=O)O)ccc6S(C)(=O)=O)nc(N(CCO)CCO)n5)cc4S(=O)(=O)O)c(S(C)(=O)=O)c3)nc(N(CCO)CCO)n2)c1. The maximum atomic E-state index is 13.3. The Morgan fingerprint density at radius 2 is 0.762 bits per heavy atom. The van der Waals surface area contributed by atoms with Gasteiger partial charge in [-0.2, -0.15) is 55.2 Å². The molecule has 4 aromatic carbocycles. The molecule has 0 spiro atoms. The van der Waals surface area contributed by atoms with Crippen molar-refractivity contribution in [1.82, 2.24) is 29.9 Å². The molecule has 11 N–H and O–H groups in total. The normalized spacial score (nSPS) is 12.6. The Bertz CT molecular complexity index is 3790. The number of aromatic nitrogens is 6. The number of aliphatic hydroxyl groups is 4. The van der Waals surface area contributed by atoms with E-state index in [2.05, 4.69) is 51.2 Å². The Hall–Kier alpha value is -7.14. The standard InChI is InChI=1S/C43H50N12O19S6/c1-75(60,61)30-10-13-35(79(69,70)71)33(24-30)47-41-49-38(50-43(53-41)55(16-20-58)17-21-59)44-28-8-6-26(36(22-28)77(3,64)65)4-5-27-7-9-29(23-37(27)80(72,73)74)45-39-48-40(52-42(51-39)54(14-18-56)15-19-57)46-32-25-31(78(66,67)68)11-12-34(32)76(2,62)63/h4-13,22-25,56-59H,14-21H2,1-3H3,(H,66,67,68)(H,69,70,71)(H,72,73,74)(H2,44,47,49,50,53)(H2,45,46,48,51,52)/b5-4+. The van der Waals surface area contributed by atoms with E-state index in [0.29, 0.717) is 0 Å². The number of hydrogen-bond donors (Lipinski definition) is 11. The maximum Gasteiger partial charge on any atom is 0.296 e. The molecule has 0 amide bonds. The predicted molar refractivity (Wildman–Crippen MR) is 289 cm³/mol. The lowest BCUT2D eigenvalue weighted by Gasteiger charge is -2.22. The van der Waals surface area contributed by atoms with Gasteiger partial charge in [0, 0.05) is 56.3 Å². The fraction of sp³-hybridized carbons (Fsp3) is 0.256. The minimum Gasteiger partial charge on any atom is -0.395 e. The summed E-state index contributed by atoms with van der Waals surface area (Å²) in [6.07, 6.45) is 4.88. The highest BCUT2D eigenvalue weighted by Gasteiger charge is 2.25. The molecule has 0 fully saturated rings. The van der Waals surface area contributed by atoms with Gasteiger partial charge in [0.15, 0.2) is 29.5 Å². The van der Waals surface area contributed by atoms with E-state index in [1.165, 1.54) is 40.1 Å². The third kappa shape index (κ3) is 16.3. The zero-order valence-corrected chi connectivity index (χ0v) is 46.7. The molecular weight excluding hydrogens is 1180 g/mol. The number of nitrogens with zero attached hydrogens (tertiary/aromatic N) is 8. The fourth-order valence-electron chi connectivity index (χ4n) is 7.22. The monoisotopic (exact) mass is 1230 g/mol. The quantitative estimate of drug-likeness (QED) is 0.0263. The Balaban J connectivity index is 1.38. The van der Waals surface area contributed by atoms with Gasteiger partial charge in [-0.3, -0.25) is 13.7 Å². The average molecular weight is 1230 g/mol. The van der Waals surface area contributed by atoms with Crippen molar-refractivity contribution in [3.8, 4) is 0 Å². The molecule has 0 saturated heterocycles. The molecule has 0 unspecified atom stereocenters. The zero-order chi connectivity index (χ0) is 59.2. The van der Waals surface area contributed by atoms with E-state index in [-0.39, 0.29) is 76.3 Å². The highest BCUT2D eigenvalue weighted by Crippen LogP contribution is 2.33. The van der Waals surface area contributed by atoms with Gasteiger partial charge >= 0.3 is 0 Å². The molecule has 2 aromatic heterocycles. The van der Waals surface area contributed by atoms with Crippen molar-refractivity contribution in [2.45, 2.75) is 29.4 Å². The largest absolute Gasteiger partial charge is 0.395 e. The summed E-state index contributed by atoms with van der Waals surface area (Å²) in [6.45, 7) is -2.56. The van der Waals surface area contributed by atoms with Crippen LogP contribution in [-0.4, -0.2) is 186 Å². The van der Waals surface area contributed by atoms with E-state index < -0.39 is 135 Å². The van der Waals surface area contributed by atoms with Crippen LogP contribution in [0.25, 0.3) is 12.2 Å². The molecule has 0 bridgehead atoms. The third-order valence-corrected chi connectivity index (χ3v) is 16.8. The Morgan fingerprint density at radius 3 is 1.15 bits per heavy atom. The van der Waals surface area contributed by atoms with Crippen LogP contribution in [0.4, 0.5) is 58.4 Å². The van der Waals surface area contributed by atoms with Crippen molar-refractivity contribution >= 4 is 130 Å². The predicted octanol–water partition coefficient (Wildman–Crippen LogP) is 0.734. The first-order chi connectivity index (χ1) is 37.2. The summed E-state index contributed by atoms with van der Waals surface area (Å²) in [5, 5.41) is 49.6. The van der Waals surface area contributed by atoms with Gasteiger partial charge < -0.3 is 51.5 Å². The van der Waals surface area contributed by atoms with E-state index in [9.17, 15) is 84.6 Å². The summed E-state index contributed by atoms with van der Waals surface area (Å²) < 4.78 is 181. The third-order valence-electron chi connectivity index (χ3n) is 10.8. The van der Waals surface area contributed by atoms with Crippen LogP contribution in [0.1, 0.15) is 11.1 Å². The lowest BCUT2D eigenvalue weighted by Crippen LogP contribution is -2.31. The number of benzene rings is 4. The second kappa shape index (κ2) is 24.7. The van der Waals surface area contributed by atoms with Crippen LogP contribution in [0, 0.1) is 0 Å². The Morgan fingerprint density at radius 1 is 0.400 bits per heavy atom. The molecule has 37 heteroatoms. The van der Waals surface area contributed by atoms with Crippen molar-refractivity contribution in [1.29, 1.82) is 0 Å². The van der Waals surface area contributed by atoms with Crippen LogP contribution >= 0.6 is 0 Å². The van der Waals surface area contributed by atoms with Gasteiger partial charge in [0.05, 0.1) is 57.4 Å². The topological polar surface area (TPSA) is 478 Å². The minimum atomic E-state index is -5.11.